The van der Waals surface area contributed by atoms with E-state index in [1.807, 2.05) is 37.3 Å². The van der Waals surface area contributed by atoms with Crippen molar-refractivity contribution in [2.45, 2.75) is 113 Å². The van der Waals surface area contributed by atoms with Crippen LogP contribution in [0.3, 0.4) is 0 Å². The third-order valence-corrected chi connectivity index (χ3v) is 6.46. The molecular weight excluding hydrogens is 611 g/mol. The van der Waals surface area contributed by atoms with Crippen LogP contribution in [0.2, 0.25) is 0 Å². The molecule has 46 heavy (non-hydrogen) atoms. The number of nitrogens with two attached hydrogens (primary N) is 1. The highest BCUT2D eigenvalue weighted by Gasteiger charge is 1.98. The van der Waals surface area contributed by atoms with E-state index in [1.165, 1.54) is 41.7 Å². The summed E-state index contributed by atoms with van der Waals surface area (Å²) in [4.78, 5) is 14.6. The lowest BCUT2D eigenvalue weighted by molar-refractivity contribution is -0.117. The number of nitrogens with one attached hydrogen (secondary N) is 2. The average Bonchev–Trinajstić information content (AvgIpc) is 3.00. The Balaban J connectivity index is -0.000000261. The first-order chi connectivity index (χ1) is 20.9. The van der Waals surface area contributed by atoms with Gasteiger partial charge in [0.25, 0.3) is 0 Å². The number of hydrogen-bond acceptors (Lipinski definition) is 5. The van der Waals surface area contributed by atoms with Gasteiger partial charge in [-0.05, 0) is 76.1 Å². The summed E-state index contributed by atoms with van der Waals surface area (Å²) >= 11 is 0. The minimum atomic E-state index is 0. The lowest BCUT2D eigenvalue weighted by Crippen LogP contribution is -2.27. The third kappa shape index (κ3) is 32.8. The van der Waals surface area contributed by atoms with Crippen LogP contribution in [0.15, 0.2) is 96.0 Å². The molecule has 4 N–H and O–H groups in total. The van der Waals surface area contributed by atoms with Crippen LogP contribution in [0.5, 0.6) is 0 Å². The van der Waals surface area contributed by atoms with E-state index in [4.69, 9.17) is 5.84 Å². The largest absolute Gasteiger partial charge is 0.314 e. The number of Topliss-reactive ketones (excluding diaryl/α,β-unsaturated/α-hetero) is 1. The summed E-state index contributed by atoms with van der Waals surface area (Å²) in [7, 11) is 0. The third-order valence-electron chi connectivity index (χ3n) is 6.46. The molecule has 0 aliphatic heterocycles. The average molecular weight is 678 g/mol. The first kappa shape index (κ1) is 50.3. The molecule has 0 saturated carbocycles. The number of halogens is 2. The number of rotatable bonds is 15. The molecule has 1 unspecified atom stereocenters. The molecule has 0 aliphatic rings. The summed E-state index contributed by atoms with van der Waals surface area (Å²) in [5, 5.41) is 3.53. The smallest absolute Gasteiger partial charge is 0.129 e. The minimum absolute atomic E-state index is 0. The van der Waals surface area contributed by atoms with E-state index in [0.29, 0.717) is 6.04 Å². The molecule has 0 aliphatic carbocycles. The highest BCUT2D eigenvalue weighted by molar-refractivity contribution is 5.85. The Bertz CT molecular complexity index is 1050. The molecule has 0 saturated heterocycles. The van der Waals surface area contributed by atoms with Gasteiger partial charge in [-0.25, -0.2) is 0 Å². The molecule has 1 atom stereocenters. The molecule has 0 fully saturated rings. The Hall–Kier alpha value is -2.54. The van der Waals surface area contributed by atoms with Crippen molar-refractivity contribution in [1.82, 2.24) is 10.7 Å². The second-order valence-corrected chi connectivity index (χ2v) is 10.8. The van der Waals surface area contributed by atoms with Crippen molar-refractivity contribution in [3.8, 4) is 0 Å². The van der Waals surface area contributed by atoms with Crippen LogP contribution in [0, 0.1) is 0 Å². The van der Waals surface area contributed by atoms with Crippen LogP contribution in [-0.2, 0) is 24.2 Å². The van der Waals surface area contributed by atoms with Crippen LogP contribution in [-0.4, -0.2) is 30.6 Å². The number of carbonyl (C=O) groups excluding carboxylic acids is 1. The molecular formula is C39H66Cl2N4O. The van der Waals surface area contributed by atoms with E-state index in [-0.39, 0.29) is 38.0 Å². The number of benzene rings is 3. The molecule has 3 aromatic carbocycles. The Labute approximate surface area is 295 Å². The van der Waals surface area contributed by atoms with Gasteiger partial charge in [-0.1, -0.05) is 132 Å². The predicted molar refractivity (Wildman–Crippen MR) is 210 cm³/mol. The van der Waals surface area contributed by atoms with Gasteiger partial charge in [-0.15, -0.1) is 24.8 Å². The molecule has 5 nitrogen and oxygen atoms in total. The second kappa shape index (κ2) is 36.9. The van der Waals surface area contributed by atoms with Gasteiger partial charge in [0, 0.05) is 31.3 Å². The van der Waals surface area contributed by atoms with Crippen molar-refractivity contribution < 1.29 is 4.79 Å². The van der Waals surface area contributed by atoms with Crippen LogP contribution in [0.1, 0.15) is 104 Å². The van der Waals surface area contributed by atoms with Crippen molar-refractivity contribution in [3.05, 3.63) is 108 Å². The number of hydrogen-bond donors (Lipinski definition) is 3. The number of ketones is 1. The van der Waals surface area contributed by atoms with Crippen molar-refractivity contribution >= 4 is 36.3 Å². The molecule has 0 spiro atoms. The zero-order valence-corrected chi connectivity index (χ0v) is 30.4. The molecule has 0 amide bonds. The summed E-state index contributed by atoms with van der Waals surface area (Å²) in [5.41, 5.74) is 7.87. The van der Waals surface area contributed by atoms with Crippen LogP contribution >= 0.6 is 24.8 Å². The summed E-state index contributed by atoms with van der Waals surface area (Å²) in [6.07, 6.45) is 8.77. The Morgan fingerprint density at radius 1 is 0.717 bits per heavy atom. The van der Waals surface area contributed by atoms with E-state index in [1.54, 1.807) is 6.92 Å². The first-order valence-electron chi connectivity index (χ1n) is 16.1. The maximum Gasteiger partial charge on any atom is 0.129 e. The van der Waals surface area contributed by atoms with Crippen LogP contribution < -0.4 is 16.6 Å². The van der Waals surface area contributed by atoms with Gasteiger partial charge < -0.3 is 10.1 Å². The molecule has 0 radical (unpaired) electrons. The summed E-state index contributed by atoms with van der Waals surface area (Å²) in [6, 6.07) is 31.9. The molecule has 0 aromatic heterocycles. The van der Waals surface area contributed by atoms with E-state index in [9.17, 15) is 4.79 Å². The zero-order valence-electron chi connectivity index (χ0n) is 28.8. The lowest BCUT2D eigenvalue weighted by Gasteiger charge is -2.12. The Morgan fingerprint density at radius 3 is 1.57 bits per heavy atom. The van der Waals surface area contributed by atoms with E-state index in [2.05, 4.69) is 104 Å². The number of carbonyl (C=O) groups is 1. The van der Waals surface area contributed by atoms with Gasteiger partial charge in [0.1, 0.15) is 5.78 Å². The van der Waals surface area contributed by atoms with Crippen LogP contribution in [0.4, 0.5) is 0 Å². The van der Waals surface area contributed by atoms with Gasteiger partial charge in [0.2, 0.25) is 0 Å². The monoisotopic (exact) mass is 676 g/mol. The molecule has 3 aromatic rings. The zero-order chi connectivity index (χ0) is 32.0. The molecule has 3 rings (SSSR count). The Kier molecular flexibility index (Phi) is 40.4. The van der Waals surface area contributed by atoms with E-state index >= 15 is 0 Å². The molecule has 0 bridgehead atoms. The quantitative estimate of drug-likeness (QED) is 0.0850. The predicted octanol–water partition coefficient (Wildman–Crippen LogP) is 10.0. The van der Waals surface area contributed by atoms with Crippen molar-refractivity contribution in [2.24, 2.45) is 10.8 Å². The van der Waals surface area contributed by atoms with E-state index in [0.717, 1.165) is 51.7 Å². The normalized spacial score (nSPS) is 10.4. The molecule has 0 heterocycles. The minimum Gasteiger partial charge on any atom is -0.314 e. The van der Waals surface area contributed by atoms with Crippen molar-refractivity contribution in [1.29, 1.82) is 0 Å². The van der Waals surface area contributed by atoms with Gasteiger partial charge >= 0.3 is 0 Å². The first-order valence-corrected chi connectivity index (χ1v) is 16.1. The fraction of sp³-hybridized carbons (Fsp3) is 0.487. The highest BCUT2D eigenvalue weighted by Crippen LogP contribution is 2.01. The summed E-state index contributed by atoms with van der Waals surface area (Å²) in [5.74, 6) is 5.40. The number of hydrazine groups is 1. The standard InChI is InChI=1S/C13H21N.C13H19N.C7H10N2.C5H10O.CH4.2ClH/c2*1-3-7-12(2)14-11-10-13-8-5-4-6-9-13;8-9-6-7-4-2-1-3-5-7;1-3-4-5(2)6;;;/h4-6,8-9,12,14H,3,7,10-11H2,1-2H3;4-6,8-9H,3,7,10-11H2,1-2H3;1-5,9H,6,8H2;3-4H2,1-2H3;1H4;2*1H. The maximum absolute atomic E-state index is 10.0. The summed E-state index contributed by atoms with van der Waals surface area (Å²) < 4.78 is 0. The van der Waals surface area contributed by atoms with Crippen molar-refractivity contribution in [3.63, 3.8) is 0 Å². The van der Waals surface area contributed by atoms with Crippen molar-refractivity contribution in [2.75, 3.05) is 13.1 Å². The summed E-state index contributed by atoms with van der Waals surface area (Å²) in [6.45, 7) is 15.2. The van der Waals surface area contributed by atoms with Crippen LogP contribution in [0.25, 0.3) is 0 Å². The second-order valence-electron chi connectivity index (χ2n) is 10.8. The Morgan fingerprint density at radius 2 is 1.17 bits per heavy atom. The fourth-order valence-corrected chi connectivity index (χ4v) is 4.17. The fourth-order valence-electron chi connectivity index (χ4n) is 4.17. The highest BCUT2D eigenvalue weighted by atomic mass is 35.5. The number of aliphatic imine (C=N–C) groups is 1. The van der Waals surface area contributed by atoms with Gasteiger partial charge in [0.05, 0.1) is 0 Å². The maximum atomic E-state index is 10.0. The lowest BCUT2D eigenvalue weighted by atomic mass is 10.1. The number of nitrogens with zero attached hydrogens (tertiary/aromatic N) is 1. The van der Waals surface area contributed by atoms with Gasteiger partial charge in [-0.2, -0.15) is 0 Å². The van der Waals surface area contributed by atoms with Gasteiger partial charge in [-0.3, -0.25) is 16.3 Å². The molecule has 262 valence electrons. The molecule has 7 heteroatoms. The topological polar surface area (TPSA) is 79.5 Å². The van der Waals surface area contributed by atoms with E-state index < -0.39 is 0 Å². The van der Waals surface area contributed by atoms with Gasteiger partial charge in [0.15, 0.2) is 0 Å². The SMILES string of the molecule is C.CCCC(C)=NCCc1ccccc1.CCCC(C)=O.CCCC(C)NCCc1ccccc1.Cl.Cl.NNCc1ccccc1.